The van der Waals surface area contributed by atoms with Crippen LogP contribution in [0.3, 0.4) is 0 Å². The van der Waals surface area contributed by atoms with Crippen molar-refractivity contribution in [2.24, 2.45) is 5.92 Å². The van der Waals surface area contributed by atoms with Gasteiger partial charge in [-0.1, -0.05) is 19.0 Å². The zero-order chi connectivity index (χ0) is 24.0. The van der Waals surface area contributed by atoms with Gasteiger partial charge in [0, 0.05) is 17.2 Å². The van der Waals surface area contributed by atoms with E-state index in [4.69, 9.17) is 18.7 Å². The highest BCUT2D eigenvalue weighted by atomic mass is 19.1. The lowest BCUT2D eigenvalue weighted by molar-refractivity contribution is -0.148. The van der Waals surface area contributed by atoms with E-state index in [1.807, 2.05) is 0 Å². The van der Waals surface area contributed by atoms with E-state index in [0.29, 0.717) is 17.1 Å². The van der Waals surface area contributed by atoms with E-state index in [9.17, 15) is 14.0 Å². The molecule has 0 radical (unpaired) electrons. The Morgan fingerprint density at radius 2 is 1.70 bits per heavy atom. The predicted octanol–water partition coefficient (Wildman–Crippen LogP) is 3.39. The number of carbonyl (C=O) groups is 2. The maximum absolute atomic E-state index is 13.1. The maximum atomic E-state index is 13.1. The lowest BCUT2D eigenvalue weighted by Gasteiger charge is -2.20. The number of carbonyl (C=O) groups excluding carboxylic acids is 2. The molecule has 0 bridgehead atoms. The van der Waals surface area contributed by atoms with Crippen molar-refractivity contribution in [2.45, 2.75) is 26.5 Å². The molecule has 0 fully saturated rings. The predicted molar refractivity (Wildman–Crippen MR) is 115 cm³/mol. The molecule has 9 nitrogen and oxygen atoms in total. The van der Waals surface area contributed by atoms with Crippen LogP contribution in [0.5, 0.6) is 11.5 Å². The van der Waals surface area contributed by atoms with Crippen molar-refractivity contribution in [3.8, 4) is 23.0 Å². The van der Waals surface area contributed by atoms with Crippen LogP contribution in [0.15, 0.2) is 47.0 Å². The minimum absolute atomic E-state index is 0.133. The van der Waals surface area contributed by atoms with Crippen LogP contribution in [0.1, 0.15) is 30.0 Å². The highest BCUT2D eigenvalue weighted by Crippen LogP contribution is 2.23. The van der Waals surface area contributed by atoms with E-state index < -0.39 is 17.9 Å². The number of ether oxygens (including phenoxy) is 3. The molecule has 0 aliphatic carbocycles. The van der Waals surface area contributed by atoms with E-state index in [2.05, 4.69) is 15.5 Å². The Labute approximate surface area is 189 Å². The van der Waals surface area contributed by atoms with Crippen molar-refractivity contribution in [3.63, 3.8) is 0 Å². The van der Waals surface area contributed by atoms with E-state index in [-0.39, 0.29) is 35.6 Å². The Bertz CT molecular complexity index is 1090. The van der Waals surface area contributed by atoms with E-state index in [1.54, 1.807) is 19.9 Å². The zero-order valence-electron chi connectivity index (χ0n) is 18.6. The Balaban J connectivity index is 1.65. The summed E-state index contributed by atoms with van der Waals surface area (Å²) in [5.41, 5.74) is 0.800. The average Bonchev–Trinajstić information content (AvgIpc) is 3.29. The molecule has 3 aromatic rings. The van der Waals surface area contributed by atoms with Crippen molar-refractivity contribution in [1.82, 2.24) is 15.5 Å². The SMILES string of the molecule is COc1cc(OC)cc(C(=O)N[C@H](C(=O)OCc2noc(-c3ccc(F)cc3)n2)C(C)C)c1. The first kappa shape index (κ1) is 23.7. The smallest absolute Gasteiger partial charge is 0.329 e. The van der Waals surface area contributed by atoms with Gasteiger partial charge in [0.05, 0.1) is 14.2 Å². The molecule has 1 amide bonds. The Kier molecular flexibility index (Phi) is 7.60. The van der Waals surface area contributed by atoms with Crippen LogP contribution in [-0.4, -0.2) is 42.3 Å². The standard InChI is InChI=1S/C23H24FN3O6/c1-13(2)20(26-21(28)15-9-17(30-3)11-18(10-15)31-4)23(29)32-12-19-25-22(33-27-19)14-5-7-16(24)8-6-14/h5-11,13,20H,12H2,1-4H3,(H,26,28)/t20-/m0/s1. The number of amides is 1. The van der Waals surface area contributed by atoms with E-state index >= 15 is 0 Å². The third-order valence-electron chi connectivity index (χ3n) is 4.72. The minimum atomic E-state index is -0.918. The molecular weight excluding hydrogens is 433 g/mol. The summed E-state index contributed by atoms with van der Waals surface area (Å²) in [7, 11) is 2.95. The highest BCUT2D eigenvalue weighted by Gasteiger charge is 2.27. The number of nitrogens with one attached hydrogen (secondary N) is 1. The molecule has 1 aromatic heterocycles. The van der Waals surface area contributed by atoms with Gasteiger partial charge in [0.25, 0.3) is 11.8 Å². The van der Waals surface area contributed by atoms with E-state index in [0.717, 1.165) is 0 Å². The summed E-state index contributed by atoms with van der Waals surface area (Å²) in [4.78, 5) is 29.6. The van der Waals surface area contributed by atoms with Gasteiger partial charge in [0.15, 0.2) is 6.61 Å². The molecule has 0 aliphatic heterocycles. The van der Waals surface area contributed by atoms with Crippen LogP contribution in [0, 0.1) is 11.7 Å². The number of hydrogen-bond acceptors (Lipinski definition) is 8. The Morgan fingerprint density at radius 1 is 1.06 bits per heavy atom. The second kappa shape index (κ2) is 10.6. The molecule has 0 unspecified atom stereocenters. The molecule has 0 aliphatic rings. The largest absolute Gasteiger partial charge is 0.497 e. The number of nitrogens with zero attached hydrogens (tertiary/aromatic N) is 2. The topological polar surface area (TPSA) is 113 Å². The summed E-state index contributed by atoms with van der Waals surface area (Å²) in [5.74, 6) is -0.594. The zero-order valence-corrected chi connectivity index (χ0v) is 18.6. The molecule has 174 valence electrons. The van der Waals surface area contributed by atoms with Crippen LogP contribution < -0.4 is 14.8 Å². The summed E-state index contributed by atoms with van der Waals surface area (Å²) in [6.45, 7) is 3.30. The first-order valence-corrected chi connectivity index (χ1v) is 10.1. The number of benzene rings is 2. The van der Waals surface area contributed by atoms with Crippen LogP contribution >= 0.6 is 0 Å². The van der Waals surface area contributed by atoms with Crippen LogP contribution in [0.2, 0.25) is 0 Å². The summed E-state index contributed by atoms with van der Waals surface area (Å²) in [6, 6.07) is 9.33. The molecule has 0 spiro atoms. The fraction of sp³-hybridized carbons (Fsp3) is 0.304. The van der Waals surface area contributed by atoms with Gasteiger partial charge in [-0.2, -0.15) is 4.98 Å². The third kappa shape index (κ3) is 6.06. The summed E-state index contributed by atoms with van der Waals surface area (Å²) < 4.78 is 33.9. The average molecular weight is 457 g/mol. The van der Waals surface area contributed by atoms with Crippen molar-refractivity contribution < 1.29 is 32.7 Å². The van der Waals surface area contributed by atoms with Crippen LogP contribution in [0.4, 0.5) is 4.39 Å². The second-order valence-electron chi connectivity index (χ2n) is 7.43. The Hall–Kier alpha value is -3.95. The van der Waals surface area contributed by atoms with Gasteiger partial charge in [-0.3, -0.25) is 4.79 Å². The van der Waals surface area contributed by atoms with Crippen molar-refractivity contribution in [2.75, 3.05) is 14.2 Å². The van der Waals surface area contributed by atoms with Crippen LogP contribution in [0.25, 0.3) is 11.5 Å². The molecular formula is C23H24FN3O6. The number of rotatable bonds is 9. The van der Waals surface area contributed by atoms with Gasteiger partial charge >= 0.3 is 5.97 Å². The maximum Gasteiger partial charge on any atom is 0.329 e. The van der Waals surface area contributed by atoms with Gasteiger partial charge in [-0.25, -0.2) is 9.18 Å². The van der Waals surface area contributed by atoms with Crippen molar-refractivity contribution in [1.29, 1.82) is 0 Å². The number of hydrogen-bond donors (Lipinski definition) is 1. The molecule has 10 heteroatoms. The summed E-state index contributed by atoms with van der Waals surface area (Å²) in [5, 5.41) is 6.45. The number of halogens is 1. The van der Waals surface area contributed by atoms with Gasteiger partial charge < -0.3 is 24.1 Å². The second-order valence-corrected chi connectivity index (χ2v) is 7.43. The molecule has 2 aromatic carbocycles. The Morgan fingerprint density at radius 3 is 2.27 bits per heavy atom. The normalized spacial score (nSPS) is 11.7. The fourth-order valence-electron chi connectivity index (χ4n) is 2.91. The number of aromatic nitrogens is 2. The third-order valence-corrected chi connectivity index (χ3v) is 4.72. The minimum Gasteiger partial charge on any atom is -0.497 e. The molecule has 3 rings (SSSR count). The quantitative estimate of drug-likeness (QED) is 0.487. The number of esters is 1. The van der Waals surface area contributed by atoms with Crippen molar-refractivity contribution in [3.05, 3.63) is 59.7 Å². The van der Waals surface area contributed by atoms with E-state index in [1.165, 1.54) is 50.6 Å². The van der Waals surface area contributed by atoms with Gasteiger partial charge in [0.1, 0.15) is 23.4 Å². The molecule has 1 N–H and O–H groups in total. The van der Waals surface area contributed by atoms with Crippen LogP contribution in [-0.2, 0) is 16.1 Å². The lowest BCUT2D eigenvalue weighted by atomic mass is 10.0. The molecule has 0 saturated carbocycles. The van der Waals surface area contributed by atoms with Crippen molar-refractivity contribution >= 4 is 11.9 Å². The highest BCUT2D eigenvalue weighted by molar-refractivity contribution is 5.97. The first-order chi connectivity index (χ1) is 15.8. The number of methoxy groups -OCH3 is 2. The molecule has 0 saturated heterocycles. The molecule has 33 heavy (non-hydrogen) atoms. The first-order valence-electron chi connectivity index (χ1n) is 10.1. The lowest BCUT2D eigenvalue weighted by Crippen LogP contribution is -2.45. The fourth-order valence-corrected chi connectivity index (χ4v) is 2.91. The monoisotopic (exact) mass is 457 g/mol. The summed E-state index contributed by atoms with van der Waals surface area (Å²) >= 11 is 0. The van der Waals surface area contributed by atoms with Gasteiger partial charge in [-0.15, -0.1) is 0 Å². The van der Waals surface area contributed by atoms with Gasteiger partial charge in [0.2, 0.25) is 5.82 Å². The molecule has 1 atom stereocenters. The molecule has 1 heterocycles. The van der Waals surface area contributed by atoms with Gasteiger partial charge in [-0.05, 0) is 42.3 Å². The summed E-state index contributed by atoms with van der Waals surface area (Å²) in [6.07, 6.45) is 0.